The van der Waals surface area contributed by atoms with Gasteiger partial charge in [-0.1, -0.05) is 50.6 Å². The van der Waals surface area contributed by atoms with Crippen LogP contribution in [-0.4, -0.2) is 24.1 Å². The second kappa shape index (κ2) is 12.4. The standard InChI is InChI=1S/C26H31NO6/c1-5-8-19-10-12-20(13-11-19)15-18(3)24(29)23-21(28)16-22(33-25(23)30)17(2)9-6-7-14-27-26(31)32-4/h7,10-17,28H,5-6,8-9H2,1-4H3,(H,27,31)/b14-7+,18-15+. The third kappa shape index (κ3) is 7.49. The predicted octanol–water partition coefficient (Wildman–Crippen LogP) is 5.34. The first-order valence-electron chi connectivity index (χ1n) is 10.9. The Hall–Kier alpha value is -3.61. The van der Waals surface area contributed by atoms with Crippen LogP contribution >= 0.6 is 0 Å². The number of amides is 1. The predicted molar refractivity (Wildman–Crippen MR) is 127 cm³/mol. The molecule has 0 aliphatic carbocycles. The Morgan fingerprint density at radius 2 is 1.94 bits per heavy atom. The Kier molecular flexibility index (Phi) is 9.66. The Bertz CT molecular complexity index is 1080. The Morgan fingerprint density at radius 3 is 2.55 bits per heavy atom. The Labute approximate surface area is 193 Å². The molecule has 0 aliphatic rings. The molecule has 0 saturated carbocycles. The molecular weight excluding hydrogens is 422 g/mol. The first-order valence-corrected chi connectivity index (χ1v) is 10.9. The van der Waals surface area contributed by atoms with Crippen LogP contribution in [0.3, 0.4) is 0 Å². The van der Waals surface area contributed by atoms with Crippen LogP contribution in [0.15, 0.2) is 57.4 Å². The molecule has 1 heterocycles. The minimum atomic E-state index is -0.865. The molecule has 0 aliphatic heterocycles. The molecule has 2 rings (SSSR count). The number of aromatic hydroxyl groups is 1. The number of aryl methyl sites for hydroxylation is 1. The summed E-state index contributed by atoms with van der Waals surface area (Å²) >= 11 is 0. The van der Waals surface area contributed by atoms with Crippen molar-refractivity contribution >= 4 is 18.0 Å². The molecule has 0 radical (unpaired) electrons. The minimum absolute atomic E-state index is 0.186. The zero-order chi connectivity index (χ0) is 24.4. The van der Waals surface area contributed by atoms with Gasteiger partial charge in [0.15, 0.2) is 5.78 Å². The number of rotatable bonds is 10. The van der Waals surface area contributed by atoms with Gasteiger partial charge in [0.1, 0.15) is 17.1 Å². The van der Waals surface area contributed by atoms with Gasteiger partial charge in [0.2, 0.25) is 0 Å². The largest absolute Gasteiger partial charge is 0.507 e. The molecule has 1 unspecified atom stereocenters. The molecule has 1 aromatic carbocycles. The molecule has 2 aromatic rings. The highest BCUT2D eigenvalue weighted by molar-refractivity contribution is 6.12. The van der Waals surface area contributed by atoms with Crippen LogP contribution in [0.4, 0.5) is 4.79 Å². The van der Waals surface area contributed by atoms with Crippen molar-refractivity contribution in [2.45, 2.75) is 52.4 Å². The van der Waals surface area contributed by atoms with E-state index in [4.69, 9.17) is 4.42 Å². The fraction of sp³-hybridized carbons (Fsp3) is 0.346. The highest BCUT2D eigenvalue weighted by Crippen LogP contribution is 2.26. The van der Waals surface area contributed by atoms with E-state index >= 15 is 0 Å². The van der Waals surface area contributed by atoms with Crippen LogP contribution < -0.4 is 10.9 Å². The van der Waals surface area contributed by atoms with Gasteiger partial charge in [-0.3, -0.25) is 10.1 Å². The number of hydrogen-bond acceptors (Lipinski definition) is 6. The number of hydrogen-bond donors (Lipinski definition) is 2. The molecule has 7 nitrogen and oxygen atoms in total. The van der Waals surface area contributed by atoms with Gasteiger partial charge in [0.05, 0.1) is 7.11 Å². The molecule has 0 fully saturated rings. The lowest BCUT2D eigenvalue weighted by molar-refractivity contribution is 0.102. The molecule has 33 heavy (non-hydrogen) atoms. The van der Waals surface area contributed by atoms with Crippen LogP contribution in [0, 0.1) is 0 Å². The van der Waals surface area contributed by atoms with Crippen molar-refractivity contribution in [1.82, 2.24) is 5.32 Å². The van der Waals surface area contributed by atoms with Gasteiger partial charge in [0, 0.05) is 18.2 Å². The maximum atomic E-state index is 12.8. The Morgan fingerprint density at radius 1 is 1.24 bits per heavy atom. The van der Waals surface area contributed by atoms with E-state index in [9.17, 15) is 19.5 Å². The number of allylic oxidation sites excluding steroid dienone is 2. The number of Topliss-reactive ketones (excluding diaryl/α,β-unsaturated/α-hetero) is 1. The van der Waals surface area contributed by atoms with E-state index in [0.717, 1.165) is 18.4 Å². The second-order valence-electron chi connectivity index (χ2n) is 7.86. The quantitative estimate of drug-likeness (QED) is 0.372. The SMILES string of the molecule is CCCc1ccc(/C=C(\C)C(=O)c2c(O)cc(C(C)CC/C=C/NC(=O)OC)oc2=O)cc1. The van der Waals surface area contributed by atoms with Gasteiger partial charge >= 0.3 is 11.7 Å². The zero-order valence-electron chi connectivity index (χ0n) is 19.5. The maximum Gasteiger partial charge on any atom is 0.410 e. The third-order valence-corrected chi connectivity index (χ3v) is 5.19. The summed E-state index contributed by atoms with van der Waals surface area (Å²) in [4.78, 5) is 36.3. The molecule has 176 valence electrons. The average molecular weight is 454 g/mol. The first kappa shape index (κ1) is 25.6. The van der Waals surface area contributed by atoms with Gasteiger partial charge in [0.25, 0.3) is 0 Å². The summed E-state index contributed by atoms with van der Waals surface area (Å²) in [5, 5.41) is 12.8. The number of ether oxygens (including phenoxy) is 1. The van der Waals surface area contributed by atoms with Gasteiger partial charge in [-0.2, -0.15) is 0 Å². The monoisotopic (exact) mass is 453 g/mol. The van der Waals surface area contributed by atoms with Gasteiger partial charge in [-0.25, -0.2) is 9.59 Å². The van der Waals surface area contributed by atoms with E-state index in [-0.39, 0.29) is 17.2 Å². The molecule has 0 bridgehead atoms. The molecule has 1 amide bonds. The van der Waals surface area contributed by atoms with Gasteiger partial charge in [-0.05, 0) is 49.0 Å². The van der Waals surface area contributed by atoms with Crippen molar-refractivity contribution in [3.05, 3.63) is 81.1 Å². The topological polar surface area (TPSA) is 106 Å². The number of methoxy groups -OCH3 is 1. The molecular formula is C26H31NO6. The summed E-state index contributed by atoms with van der Waals surface area (Å²) in [7, 11) is 1.27. The minimum Gasteiger partial charge on any atom is -0.507 e. The number of nitrogens with one attached hydrogen (secondary N) is 1. The molecule has 0 spiro atoms. The molecule has 1 atom stereocenters. The fourth-order valence-electron chi connectivity index (χ4n) is 3.29. The van der Waals surface area contributed by atoms with E-state index in [1.54, 1.807) is 19.1 Å². The van der Waals surface area contributed by atoms with Crippen LogP contribution in [-0.2, 0) is 11.2 Å². The van der Waals surface area contributed by atoms with Crippen LogP contribution in [0.2, 0.25) is 0 Å². The summed E-state index contributed by atoms with van der Waals surface area (Å²) in [6.45, 7) is 5.56. The summed E-state index contributed by atoms with van der Waals surface area (Å²) in [5.41, 5.74) is 1.14. The molecule has 2 N–H and O–H groups in total. The van der Waals surface area contributed by atoms with E-state index < -0.39 is 23.3 Å². The highest BCUT2D eigenvalue weighted by atomic mass is 16.5. The zero-order valence-corrected chi connectivity index (χ0v) is 19.5. The summed E-state index contributed by atoms with van der Waals surface area (Å²) < 4.78 is 9.81. The number of alkyl carbamates (subject to hydrolysis) is 1. The molecule has 7 heteroatoms. The number of ketones is 1. The maximum absolute atomic E-state index is 12.8. The Balaban J connectivity index is 2.11. The van der Waals surface area contributed by atoms with Crippen molar-refractivity contribution in [3.63, 3.8) is 0 Å². The normalized spacial score (nSPS) is 12.5. The number of carbonyl (C=O) groups is 2. The van der Waals surface area contributed by atoms with Gasteiger partial charge in [-0.15, -0.1) is 0 Å². The van der Waals surface area contributed by atoms with E-state index in [0.29, 0.717) is 18.4 Å². The summed E-state index contributed by atoms with van der Waals surface area (Å²) in [6.07, 6.45) is 7.57. The van der Waals surface area contributed by atoms with Crippen molar-refractivity contribution in [2.24, 2.45) is 0 Å². The first-order chi connectivity index (χ1) is 15.8. The van der Waals surface area contributed by atoms with Crippen molar-refractivity contribution in [3.8, 4) is 5.75 Å². The lowest BCUT2D eigenvalue weighted by Gasteiger charge is -2.11. The lowest BCUT2D eigenvalue weighted by Crippen LogP contribution is -2.16. The average Bonchev–Trinajstić information content (AvgIpc) is 2.79. The number of carbonyl (C=O) groups excluding carboxylic acids is 2. The lowest BCUT2D eigenvalue weighted by atomic mass is 9.99. The smallest absolute Gasteiger partial charge is 0.410 e. The van der Waals surface area contributed by atoms with Crippen LogP contribution in [0.25, 0.3) is 6.08 Å². The highest BCUT2D eigenvalue weighted by Gasteiger charge is 2.22. The van der Waals surface area contributed by atoms with E-state index in [1.807, 2.05) is 31.2 Å². The van der Waals surface area contributed by atoms with E-state index in [1.165, 1.54) is 24.9 Å². The van der Waals surface area contributed by atoms with Gasteiger partial charge < -0.3 is 14.3 Å². The fourth-order valence-corrected chi connectivity index (χ4v) is 3.29. The van der Waals surface area contributed by atoms with Crippen molar-refractivity contribution in [1.29, 1.82) is 0 Å². The van der Waals surface area contributed by atoms with Crippen LogP contribution in [0.1, 0.15) is 73.2 Å². The molecule has 1 aromatic heterocycles. The summed E-state index contributed by atoms with van der Waals surface area (Å²) in [6, 6.07) is 9.18. The number of benzene rings is 1. The van der Waals surface area contributed by atoms with Crippen LogP contribution in [0.5, 0.6) is 5.75 Å². The van der Waals surface area contributed by atoms with Crippen molar-refractivity contribution in [2.75, 3.05) is 7.11 Å². The summed E-state index contributed by atoms with van der Waals surface area (Å²) in [5.74, 6) is -0.868. The second-order valence-corrected chi connectivity index (χ2v) is 7.86. The van der Waals surface area contributed by atoms with Crippen molar-refractivity contribution < 1.29 is 23.8 Å². The molecule has 0 saturated heterocycles. The van der Waals surface area contributed by atoms with E-state index in [2.05, 4.69) is 17.0 Å². The third-order valence-electron chi connectivity index (χ3n) is 5.19.